The summed E-state index contributed by atoms with van der Waals surface area (Å²) in [4.78, 5) is 12.7. The van der Waals surface area contributed by atoms with Crippen molar-refractivity contribution in [2.45, 2.75) is 68.8 Å². The minimum atomic E-state index is -2.94. The molecule has 0 spiro atoms. The van der Waals surface area contributed by atoms with Gasteiger partial charge >= 0.3 is 12.6 Å². The molecule has 0 bridgehead atoms. The fraction of sp³-hybridized carbons (Fsp3) is 0.611. The van der Waals surface area contributed by atoms with Crippen LogP contribution >= 0.6 is 19.9 Å². The van der Waals surface area contributed by atoms with E-state index in [9.17, 15) is 13.6 Å². The number of hydrogen-bond donors (Lipinski definition) is 0. The number of ether oxygens (including phenoxy) is 2. The zero-order chi connectivity index (χ0) is 19.4. The molecule has 0 aliphatic carbocycles. The molecule has 0 N–H and O–H groups in total. The molecule has 7 heteroatoms. The standard InChI is InChI=1S/C18H28F2O3S2/c1-11(2)25(12(3)4,13(5)6)24-16-9-14(17(21)22-7)8-15(10-16)23-18(19)20/h8-13,18H,1-7H3. The largest absolute Gasteiger partial charge is 0.465 e. The fourth-order valence-electron chi connectivity index (χ4n) is 3.11. The Labute approximate surface area is 154 Å². The minimum absolute atomic E-state index is 0.0232. The molecule has 1 rings (SSSR count). The van der Waals surface area contributed by atoms with E-state index in [1.165, 1.54) is 13.2 Å². The first kappa shape index (κ1) is 22.1. The van der Waals surface area contributed by atoms with Gasteiger partial charge in [0.25, 0.3) is 0 Å². The molecule has 25 heavy (non-hydrogen) atoms. The topological polar surface area (TPSA) is 35.5 Å². The number of hydrogen-bond acceptors (Lipinski definition) is 4. The van der Waals surface area contributed by atoms with E-state index < -0.39 is 21.6 Å². The molecule has 0 saturated carbocycles. The number of carbonyl (C=O) groups is 1. The zero-order valence-corrected chi connectivity index (χ0v) is 17.5. The number of carbonyl (C=O) groups excluding carboxylic acids is 1. The molecule has 0 fully saturated rings. The average Bonchev–Trinajstić information content (AvgIpc) is 2.49. The van der Waals surface area contributed by atoms with E-state index in [-0.39, 0.29) is 11.3 Å². The first-order chi connectivity index (χ1) is 11.5. The summed E-state index contributed by atoms with van der Waals surface area (Å²) in [7, 11) is 1.79. The molecule has 1 aromatic carbocycles. The van der Waals surface area contributed by atoms with E-state index in [1.807, 2.05) is 0 Å². The van der Waals surface area contributed by atoms with E-state index in [4.69, 9.17) is 4.74 Å². The Balaban J connectivity index is 3.40. The smallest absolute Gasteiger partial charge is 0.387 e. The Bertz CT molecular complexity index is 568. The van der Waals surface area contributed by atoms with Crippen LogP contribution in [0.25, 0.3) is 0 Å². The van der Waals surface area contributed by atoms with Gasteiger partial charge < -0.3 is 9.47 Å². The average molecular weight is 395 g/mol. The van der Waals surface area contributed by atoms with Gasteiger partial charge in [0, 0.05) is 4.90 Å². The van der Waals surface area contributed by atoms with Crippen molar-refractivity contribution in [1.29, 1.82) is 0 Å². The van der Waals surface area contributed by atoms with Crippen LogP contribution in [-0.2, 0) is 4.74 Å². The lowest BCUT2D eigenvalue weighted by Crippen LogP contribution is -2.25. The molecule has 0 unspecified atom stereocenters. The van der Waals surface area contributed by atoms with Crippen LogP contribution in [0.15, 0.2) is 23.1 Å². The summed E-state index contributed by atoms with van der Waals surface area (Å²) < 4.78 is 34.6. The van der Waals surface area contributed by atoms with E-state index in [0.717, 1.165) is 4.90 Å². The van der Waals surface area contributed by atoms with Crippen molar-refractivity contribution >= 4 is 25.8 Å². The lowest BCUT2D eigenvalue weighted by atomic mass is 10.2. The van der Waals surface area contributed by atoms with Crippen LogP contribution in [0.4, 0.5) is 8.78 Å². The number of esters is 1. The zero-order valence-electron chi connectivity index (χ0n) is 15.8. The predicted molar refractivity (Wildman–Crippen MR) is 103 cm³/mol. The molecule has 0 aromatic heterocycles. The van der Waals surface area contributed by atoms with Gasteiger partial charge in [-0.3, -0.25) is 0 Å². The summed E-state index contributed by atoms with van der Waals surface area (Å²) in [6.45, 7) is 10.2. The number of alkyl halides is 2. The van der Waals surface area contributed by atoms with Crippen LogP contribution in [0.2, 0.25) is 0 Å². The number of halogens is 2. The van der Waals surface area contributed by atoms with Crippen LogP contribution in [0.3, 0.4) is 0 Å². The molecule has 0 amide bonds. The highest BCUT2D eigenvalue weighted by atomic mass is 33.2. The normalized spacial score (nSPS) is 13.0. The molecule has 0 saturated heterocycles. The van der Waals surface area contributed by atoms with Gasteiger partial charge in [0.15, 0.2) is 0 Å². The van der Waals surface area contributed by atoms with Gasteiger partial charge in [-0.2, -0.15) is 17.8 Å². The van der Waals surface area contributed by atoms with Gasteiger partial charge in [-0.25, -0.2) is 4.79 Å². The van der Waals surface area contributed by atoms with E-state index in [0.29, 0.717) is 15.7 Å². The molecule has 0 aliphatic rings. The van der Waals surface area contributed by atoms with Crippen molar-refractivity contribution in [3.8, 4) is 5.75 Å². The van der Waals surface area contributed by atoms with Crippen LogP contribution in [0, 0.1) is 0 Å². The quantitative estimate of drug-likeness (QED) is 0.393. The summed E-state index contributed by atoms with van der Waals surface area (Å²) in [5, 5.41) is 1.29. The summed E-state index contributed by atoms with van der Waals surface area (Å²) in [6, 6.07) is 4.57. The summed E-state index contributed by atoms with van der Waals surface area (Å²) >= 11 is 0. The summed E-state index contributed by atoms with van der Waals surface area (Å²) in [5.74, 6) is -0.592. The van der Waals surface area contributed by atoms with E-state index in [2.05, 4.69) is 46.3 Å². The monoisotopic (exact) mass is 394 g/mol. The highest BCUT2D eigenvalue weighted by Gasteiger charge is 2.36. The molecule has 1 aromatic rings. The van der Waals surface area contributed by atoms with Crippen LogP contribution in [0.1, 0.15) is 51.9 Å². The fourth-order valence-corrected chi connectivity index (χ4v) is 10.7. The minimum Gasteiger partial charge on any atom is -0.465 e. The van der Waals surface area contributed by atoms with Gasteiger partial charge in [0.2, 0.25) is 0 Å². The molecule has 3 nitrogen and oxygen atoms in total. The van der Waals surface area contributed by atoms with Crippen molar-refractivity contribution in [3.05, 3.63) is 23.8 Å². The Kier molecular flexibility index (Phi) is 8.06. The lowest BCUT2D eigenvalue weighted by molar-refractivity contribution is -0.0500. The van der Waals surface area contributed by atoms with Crippen molar-refractivity contribution in [1.82, 2.24) is 0 Å². The first-order valence-electron chi connectivity index (χ1n) is 8.22. The maximum Gasteiger partial charge on any atom is 0.387 e. The third kappa shape index (κ3) is 5.26. The number of methoxy groups -OCH3 is 1. The highest BCUT2D eigenvalue weighted by molar-refractivity contribution is 8.94. The number of benzene rings is 1. The van der Waals surface area contributed by atoms with Crippen molar-refractivity contribution in [2.24, 2.45) is 0 Å². The Morgan fingerprint density at radius 3 is 1.92 bits per heavy atom. The molecule has 144 valence electrons. The molecule has 0 radical (unpaired) electrons. The van der Waals surface area contributed by atoms with Gasteiger partial charge in [0.1, 0.15) is 5.75 Å². The van der Waals surface area contributed by atoms with E-state index in [1.54, 1.807) is 22.9 Å². The van der Waals surface area contributed by atoms with E-state index >= 15 is 0 Å². The Morgan fingerprint density at radius 1 is 1.00 bits per heavy atom. The Hall–Kier alpha value is -0.950. The SMILES string of the molecule is COC(=O)c1cc(OC(F)F)cc(SS(C(C)C)(C(C)C)C(C)C)c1. The van der Waals surface area contributed by atoms with Crippen molar-refractivity contribution in [3.63, 3.8) is 0 Å². The summed E-state index contributed by atoms with van der Waals surface area (Å²) in [5.41, 5.74) is 0.215. The molecular formula is C18H28F2O3S2. The van der Waals surface area contributed by atoms with Gasteiger partial charge in [-0.05, 0) is 33.9 Å². The number of rotatable bonds is 8. The molecular weight excluding hydrogens is 366 g/mol. The van der Waals surface area contributed by atoms with Crippen LogP contribution in [-0.4, -0.2) is 35.4 Å². The van der Waals surface area contributed by atoms with Gasteiger partial charge in [-0.1, -0.05) is 52.3 Å². The predicted octanol–water partition coefficient (Wildman–Crippen LogP) is 6.11. The van der Waals surface area contributed by atoms with Gasteiger partial charge in [-0.15, -0.1) is 0 Å². The maximum atomic E-state index is 12.6. The first-order valence-corrected chi connectivity index (χ1v) is 11.4. The maximum absolute atomic E-state index is 12.6. The highest BCUT2D eigenvalue weighted by Crippen LogP contribution is 2.72. The second kappa shape index (κ2) is 9.12. The summed E-state index contributed by atoms with van der Waals surface area (Å²) in [6.07, 6.45) is 0. The third-order valence-electron chi connectivity index (χ3n) is 3.98. The van der Waals surface area contributed by atoms with Gasteiger partial charge in [0.05, 0.1) is 12.7 Å². The Morgan fingerprint density at radius 2 is 1.52 bits per heavy atom. The molecule has 0 atom stereocenters. The third-order valence-corrected chi connectivity index (χ3v) is 14.0. The van der Waals surface area contributed by atoms with Crippen molar-refractivity contribution in [2.75, 3.05) is 7.11 Å². The molecule has 0 heterocycles. The second-order valence-corrected chi connectivity index (χ2v) is 13.6. The van der Waals surface area contributed by atoms with Crippen molar-refractivity contribution < 1.29 is 23.0 Å². The second-order valence-electron chi connectivity index (χ2n) is 6.49. The van der Waals surface area contributed by atoms with Crippen LogP contribution in [0.5, 0.6) is 5.75 Å². The molecule has 0 aliphatic heterocycles. The lowest BCUT2D eigenvalue weighted by Gasteiger charge is -2.50. The van der Waals surface area contributed by atoms with Crippen LogP contribution < -0.4 is 4.74 Å².